The molecule has 17 heavy (non-hydrogen) atoms. The average molecular weight is 254 g/mol. The number of pyridine rings is 1. The monoisotopic (exact) mass is 253 g/mol. The Morgan fingerprint density at radius 2 is 2.35 bits per heavy atom. The lowest BCUT2D eigenvalue weighted by molar-refractivity contribution is 0.0155. The van der Waals surface area contributed by atoms with Crippen LogP contribution in [0.4, 0.5) is 0 Å². The maximum Gasteiger partial charge on any atom is 0.341 e. The highest BCUT2D eigenvalue weighted by molar-refractivity contribution is 6.32. The Hall–Kier alpha value is -1.09. The van der Waals surface area contributed by atoms with Crippen LogP contribution >= 0.6 is 11.6 Å². The number of aromatic nitrogens is 1. The summed E-state index contributed by atoms with van der Waals surface area (Å²) in [6.45, 7) is 2.19. The summed E-state index contributed by atoms with van der Waals surface area (Å²) in [5.41, 5.74) is 0.354. The number of ether oxygens (including phenoxy) is 1. The van der Waals surface area contributed by atoms with Crippen LogP contribution < -0.4 is 0 Å². The Balaban J connectivity index is 1.99. The molecule has 0 radical (unpaired) electrons. The zero-order chi connectivity index (χ0) is 12.3. The molecule has 3 nitrogen and oxygen atoms in total. The van der Waals surface area contributed by atoms with E-state index in [-0.39, 0.29) is 17.2 Å². The summed E-state index contributed by atoms with van der Waals surface area (Å²) in [6.07, 6.45) is 5.84. The number of halogens is 1. The molecule has 0 N–H and O–H groups in total. The quantitative estimate of drug-likeness (QED) is 0.598. The first kappa shape index (κ1) is 12.4. The van der Waals surface area contributed by atoms with Crippen LogP contribution in [0.2, 0.25) is 5.15 Å². The Morgan fingerprint density at radius 1 is 1.53 bits per heavy atom. The predicted molar refractivity (Wildman–Crippen MR) is 66.1 cm³/mol. The van der Waals surface area contributed by atoms with Crippen molar-refractivity contribution in [1.29, 1.82) is 0 Å². The third-order valence-electron chi connectivity index (χ3n) is 3.14. The minimum Gasteiger partial charge on any atom is -0.459 e. The molecular formula is C13H16ClNO2. The van der Waals surface area contributed by atoms with Crippen molar-refractivity contribution in [2.45, 2.75) is 38.7 Å². The van der Waals surface area contributed by atoms with Crippen LogP contribution in [0, 0.1) is 5.92 Å². The number of esters is 1. The lowest BCUT2D eigenvalue weighted by Crippen LogP contribution is -2.24. The molecule has 1 aliphatic carbocycles. The predicted octanol–water partition coefficient (Wildman–Crippen LogP) is 3.47. The summed E-state index contributed by atoms with van der Waals surface area (Å²) in [7, 11) is 0. The Morgan fingerprint density at radius 3 is 3.06 bits per heavy atom. The van der Waals surface area contributed by atoms with Gasteiger partial charge in [0.25, 0.3) is 0 Å². The molecule has 1 aromatic rings. The van der Waals surface area contributed by atoms with E-state index in [9.17, 15) is 4.79 Å². The van der Waals surface area contributed by atoms with Gasteiger partial charge in [-0.2, -0.15) is 0 Å². The van der Waals surface area contributed by atoms with Crippen molar-refractivity contribution in [2.24, 2.45) is 5.92 Å². The minimum atomic E-state index is -0.359. The SMILES string of the molecule is CC1CCCC(OC(=O)c2cccnc2Cl)C1. The first-order valence-electron chi connectivity index (χ1n) is 5.98. The first-order chi connectivity index (χ1) is 8.16. The molecule has 1 heterocycles. The number of hydrogen-bond donors (Lipinski definition) is 0. The molecule has 0 aromatic carbocycles. The van der Waals surface area contributed by atoms with Gasteiger partial charge in [0.1, 0.15) is 11.3 Å². The number of hydrogen-bond acceptors (Lipinski definition) is 3. The smallest absolute Gasteiger partial charge is 0.341 e. The summed E-state index contributed by atoms with van der Waals surface area (Å²) in [5.74, 6) is 0.271. The number of carbonyl (C=O) groups excluding carboxylic acids is 1. The van der Waals surface area contributed by atoms with Crippen LogP contribution in [0.5, 0.6) is 0 Å². The zero-order valence-electron chi connectivity index (χ0n) is 9.86. The molecular weight excluding hydrogens is 238 g/mol. The van der Waals surface area contributed by atoms with E-state index in [0.717, 1.165) is 19.3 Å². The molecule has 4 heteroatoms. The molecule has 0 saturated heterocycles. The van der Waals surface area contributed by atoms with Crippen LogP contribution in [0.25, 0.3) is 0 Å². The van der Waals surface area contributed by atoms with Crippen molar-refractivity contribution in [3.05, 3.63) is 29.0 Å². The van der Waals surface area contributed by atoms with Crippen molar-refractivity contribution in [3.8, 4) is 0 Å². The van der Waals surface area contributed by atoms with Crippen molar-refractivity contribution in [3.63, 3.8) is 0 Å². The number of carbonyl (C=O) groups is 1. The zero-order valence-corrected chi connectivity index (χ0v) is 10.6. The van der Waals surface area contributed by atoms with Crippen molar-refractivity contribution in [1.82, 2.24) is 4.98 Å². The highest BCUT2D eigenvalue weighted by atomic mass is 35.5. The molecule has 2 atom stereocenters. The van der Waals surface area contributed by atoms with E-state index < -0.39 is 0 Å². The topological polar surface area (TPSA) is 39.2 Å². The van der Waals surface area contributed by atoms with Gasteiger partial charge in [-0.3, -0.25) is 0 Å². The van der Waals surface area contributed by atoms with Crippen molar-refractivity contribution in [2.75, 3.05) is 0 Å². The minimum absolute atomic E-state index is 0.0301. The van der Waals surface area contributed by atoms with Crippen LogP contribution in [0.1, 0.15) is 43.0 Å². The number of nitrogens with zero attached hydrogens (tertiary/aromatic N) is 1. The first-order valence-corrected chi connectivity index (χ1v) is 6.36. The normalized spacial score (nSPS) is 24.4. The van der Waals surface area contributed by atoms with Crippen LogP contribution in [-0.4, -0.2) is 17.1 Å². The lowest BCUT2D eigenvalue weighted by Gasteiger charge is -2.26. The highest BCUT2D eigenvalue weighted by Crippen LogP contribution is 2.26. The maximum atomic E-state index is 11.9. The third kappa shape index (κ3) is 3.19. The maximum absolute atomic E-state index is 11.9. The van der Waals surface area contributed by atoms with Gasteiger partial charge < -0.3 is 4.74 Å². The summed E-state index contributed by atoms with van der Waals surface area (Å²) in [4.78, 5) is 15.8. The summed E-state index contributed by atoms with van der Waals surface area (Å²) < 4.78 is 5.47. The van der Waals surface area contributed by atoms with Crippen molar-refractivity contribution >= 4 is 17.6 Å². The molecule has 2 unspecified atom stereocenters. The van der Waals surface area contributed by atoms with Gasteiger partial charge in [-0.05, 0) is 37.3 Å². The fourth-order valence-electron chi connectivity index (χ4n) is 2.24. The Labute approximate surface area is 106 Å². The molecule has 1 fully saturated rings. The van der Waals surface area contributed by atoms with Gasteiger partial charge in [0.2, 0.25) is 0 Å². The van der Waals surface area contributed by atoms with Crippen molar-refractivity contribution < 1.29 is 9.53 Å². The molecule has 1 aromatic heterocycles. The summed E-state index contributed by atoms with van der Waals surface area (Å²) in [5, 5.41) is 0.210. The van der Waals surface area contributed by atoms with Gasteiger partial charge in [0, 0.05) is 6.20 Å². The lowest BCUT2D eigenvalue weighted by atomic mass is 9.89. The molecule has 2 rings (SSSR count). The molecule has 0 amide bonds. The van der Waals surface area contributed by atoms with Gasteiger partial charge in [-0.15, -0.1) is 0 Å². The second-order valence-electron chi connectivity index (χ2n) is 4.64. The fraction of sp³-hybridized carbons (Fsp3) is 0.538. The van der Waals surface area contributed by atoms with E-state index in [1.165, 1.54) is 6.42 Å². The fourth-order valence-corrected chi connectivity index (χ4v) is 2.44. The summed E-state index contributed by atoms with van der Waals surface area (Å²) >= 11 is 5.85. The van der Waals surface area contributed by atoms with E-state index in [1.54, 1.807) is 18.3 Å². The van der Waals surface area contributed by atoms with E-state index in [0.29, 0.717) is 11.5 Å². The van der Waals surface area contributed by atoms with Gasteiger partial charge in [-0.1, -0.05) is 24.9 Å². The molecule has 0 bridgehead atoms. The van der Waals surface area contributed by atoms with E-state index in [4.69, 9.17) is 16.3 Å². The molecule has 0 spiro atoms. The Kier molecular flexibility index (Phi) is 4.00. The van der Waals surface area contributed by atoms with Gasteiger partial charge in [-0.25, -0.2) is 9.78 Å². The van der Waals surface area contributed by atoms with Crippen LogP contribution in [0.3, 0.4) is 0 Å². The second-order valence-corrected chi connectivity index (χ2v) is 5.00. The molecule has 1 saturated carbocycles. The molecule has 92 valence electrons. The van der Waals surface area contributed by atoms with Crippen LogP contribution in [-0.2, 0) is 4.74 Å². The molecule has 0 aliphatic heterocycles. The van der Waals surface area contributed by atoms with Gasteiger partial charge >= 0.3 is 5.97 Å². The van der Waals surface area contributed by atoms with Gasteiger partial charge in [0.05, 0.1) is 5.56 Å². The van der Waals surface area contributed by atoms with E-state index in [2.05, 4.69) is 11.9 Å². The molecule has 1 aliphatic rings. The van der Waals surface area contributed by atoms with Crippen LogP contribution in [0.15, 0.2) is 18.3 Å². The highest BCUT2D eigenvalue weighted by Gasteiger charge is 2.23. The standard InChI is InChI=1S/C13H16ClNO2/c1-9-4-2-5-10(8-9)17-13(16)11-6-3-7-15-12(11)14/h3,6-7,9-10H,2,4-5,8H2,1H3. The van der Waals surface area contributed by atoms with E-state index >= 15 is 0 Å². The largest absolute Gasteiger partial charge is 0.459 e. The van der Waals surface area contributed by atoms with Gasteiger partial charge in [0.15, 0.2) is 0 Å². The third-order valence-corrected chi connectivity index (χ3v) is 3.44. The summed E-state index contributed by atoms with van der Waals surface area (Å²) in [6, 6.07) is 3.33. The number of rotatable bonds is 2. The average Bonchev–Trinajstić information content (AvgIpc) is 2.29. The van der Waals surface area contributed by atoms with E-state index in [1.807, 2.05) is 0 Å². The second kappa shape index (κ2) is 5.50. The Bertz CT molecular complexity index is 408.